The highest BCUT2D eigenvalue weighted by atomic mass is 79.9. The topological polar surface area (TPSA) is 105 Å². The Labute approximate surface area is 262 Å². The van der Waals surface area contributed by atoms with Crippen molar-refractivity contribution in [1.82, 2.24) is 10.2 Å². The van der Waals surface area contributed by atoms with Crippen LogP contribution in [0.3, 0.4) is 0 Å². The van der Waals surface area contributed by atoms with E-state index in [9.17, 15) is 18.0 Å². The number of rotatable bonds is 13. The molecule has 1 atom stereocenters. The number of anilines is 1. The lowest BCUT2D eigenvalue weighted by molar-refractivity contribution is -0.140. The van der Waals surface area contributed by atoms with E-state index in [1.165, 1.54) is 11.8 Å². The minimum absolute atomic E-state index is 0.111. The van der Waals surface area contributed by atoms with Crippen molar-refractivity contribution >= 4 is 43.5 Å². The SMILES string of the molecule is CCS(=O)(=O)N(CC(=O)N(Cc1ccc(Br)cc1)C(Cc1ccccc1)C(=O)NCC(C)C)c1ccc2c(c1)OCCO2. The molecule has 0 aromatic heterocycles. The molecule has 0 radical (unpaired) electrons. The van der Waals surface area contributed by atoms with Crippen LogP contribution in [0.15, 0.2) is 77.3 Å². The molecule has 43 heavy (non-hydrogen) atoms. The zero-order valence-electron chi connectivity index (χ0n) is 24.7. The molecule has 0 saturated carbocycles. The molecule has 1 heterocycles. The zero-order valence-corrected chi connectivity index (χ0v) is 27.1. The molecule has 0 aliphatic carbocycles. The molecule has 0 bridgehead atoms. The Morgan fingerprint density at radius 3 is 2.26 bits per heavy atom. The van der Waals surface area contributed by atoms with E-state index in [0.29, 0.717) is 31.3 Å². The summed E-state index contributed by atoms with van der Waals surface area (Å²) in [6.07, 6.45) is 0.261. The number of hydrogen-bond donors (Lipinski definition) is 1. The van der Waals surface area contributed by atoms with Gasteiger partial charge in [0.05, 0.1) is 11.4 Å². The van der Waals surface area contributed by atoms with Gasteiger partial charge in [-0.25, -0.2) is 8.42 Å². The molecule has 0 saturated heterocycles. The lowest BCUT2D eigenvalue weighted by atomic mass is 10.0. The molecule has 2 amide bonds. The maximum Gasteiger partial charge on any atom is 0.244 e. The molecule has 9 nitrogen and oxygen atoms in total. The summed E-state index contributed by atoms with van der Waals surface area (Å²) in [6.45, 7) is 6.32. The Bertz CT molecular complexity index is 1500. The molecular formula is C32H38BrN3O6S. The standard InChI is InChI=1S/C32H38BrN3O6S/c1-4-43(39,40)36(27-14-15-29-30(19-27)42-17-16-41-29)22-31(37)35(21-25-10-12-26(33)13-11-25)28(32(38)34-20-23(2)3)18-24-8-6-5-7-9-24/h5-15,19,23,28H,4,16-18,20-22H2,1-3H3,(H,34,38). The Balaban J connectivity index is 1.73. The largest absolute Gasteiger partial charge is 0.486 e. The van der Waals surface area contributed by atoms with Crippen LogP contribution < -0.4 is 19.1 Å². The van der Waals surface area contributed by atoms with Crippen LogP contribution in [-0.2, 0) is 32.6 Å². The predicted octanol–water partition coefficient (Wildman–Crippen LogP) is 4.79. The number of hydrogen-bond acceptors (Lipinski definition) is 6. The van der Waals surface area contributed by atoms with E-state index in [-0.39, 0.29) is 36.2 Å². The molecule has 0 spiro atoms. The smallest absolute Gasteiger partial charge is 0.244 e. The van der Waals surface area contributed by atoms with E-state index in [2.05, 4.69) is 21.2 Å². The van der Waals surface area contributed by atoms with Crippen molar-refractivity contribution in [3.63, 3.8) is 0 Å². The summed E-state index contributed by atoms with van der Waals surface area (Å²) >= 11 is 3.45. The Morgan fingerprint density at radius 2 is 1.60 bits per heavy atom. The molecule has 1 aliphatic rings. The fourth-order valence-corrected chi connectivity index (χ4v) is 5.99. The first-order chi connectivity index (χ1) is 20.6. The molecule has 1 unspecified atom stereocenters. The molecule has 4 rings (SSSR count). The van der Waals surface area contributed by atoms with Crippen molar-refractivity contribution < 1.29 is 27.5 Å². The van der Waals surface area contributed by atoms with Gasteiger partial charge in [0, 0.05) is 30.0 Å². The van der Waals surface area contributed by atoms with Gasteiger partial charge in [0.1, 0.15) is 25.8 Å². The molecule has 230 valence electrons. The second-order valence-electron chi connectivity index (χ2n) is 10.7. The average Bonchev–Trinajstić information content (AvgIpc) is 3.01. The first-order valence-electron chi connectivity index (χ1n) is 14.3. The van der Waals surface area contributed by atoms with E-state index in [1.54, 1.807) is 18.2 Å². The molecule has 1 aliphatic heterocycles. The second-order valence-corrected chi connectivity index (χ2v) is 13.8. The first kappa shape index (κ1) is 32.3. The highest BCUT2D eigenvalue weighted by Gasteiger charge is 2.34. The minimum Gasteiger partial charge on any atom is -0.486 e. The first-order valence-corrected chi connectivity index (χ1v) is 16.7. The highest BCUT2D eigenvalue weighted by molar-refractivity contribution is 9.10. The number of sulfonamides is 1. The van der Waals surface area contributed by atoms with Crippen molar-refractivity contribution in [2.75, 3.05) is 36.4 Å². The van der Waals surface area contributed by atoms with Crippen LogP contribution in [0.5, 0.6) is 11.5 Å². The third kappa shape index (κ3) is 8.73. The van der Waals surface area contributed by atoms with Crippen LogP contribution in [0.4, 0.5) is 5.69 Å². The number of benzene rings is 3. The summed E-state index contributed by atoms with van der Waals surface area (Å²) in [5, 5.41) is 2.99. The molecule has 1 N–H and O–H groups in total. The number of nitrogens with zero attached hydrogens (tertiary/aromatic N) is 2. The molecule has 3 aromatic rings. The van der Waals surface area contributed by atoms with Crippen LogP contribution >= 0.6 is 15.9 Å². The zero-order chi connectivity index (χ0) is 31.0. The molecule has 0 fully saturated rings. The van der Waals surface area contributed by atoms with Crippen LogP contribution in [-0.4, -0.2) is 63.2 Å². The van der Waals surface area contributed by atoms with Gasteiger partial charge in [-0.2, -0.15) is 0 Å². The van der Waals surface area contributed by atoms with Crippen LogP contribution in [0, 0.1) is 5.92 Å². The number of amides is 2. The third-order valence-corrected chi connectivity index (χ3v) is 9.28. The van der Waals surface area contributed by atoms with Gasteiger partial charge in [-0.3, -0.25) is 13.9 Å². The monoisotopic (exact) mass is 671 g/mol. The van der Waals surface area contributed by atoms with Gasteiger partial charge in [0.2, 0.25) is 21.8 Å². The maximum atomic E-state index is 14.3. The molecule has 3 aromatic carbocycles. The lowest BCUT2D eigenvalue weighted by Gasteiger charge is -2.34. The van der Waals surface area contributed by atoms with Crippen molar-refractivity contribution in [3.8, 4) is 11.5 Å². The van der Waals surface area contributed by atoms with Gasteiger partial charge < -0.3 is 19.7 Å². The Morgan fingerprint density at radius 1 is 0.930 bits per heavy atom. The number of carbonyl (C=O) groups is 2. The second kappa shape index (κ2) is 14.7. The predicted molar refractivity (Wildman–Crippen MR) is 171 cm³/mol. The van der Waals surface area contributed by atoms with E-state index in [0.717, 1.165) is 19.9 Å². The fraction of sp³-hybridized carbons (Fsp3) is 0.375. The van der Waals surface area contributed by atoms with Crippen LogP contribution in [0.25, 0.3) is 0 Å². The Kier molecular flexibility index (Phi) is 11.1. The van der Waals surface area contributed by atoms with Gasteiger partial charge in [-0.15, -0.1) is 0 Å². The molecular weight excluding hydrogens is 634 g/mol. The van der Waals surface area contributed by atoms with Crippen molar-refractivity contribution in [2.24, 2.45) is 5.92 Å². The normalized spacial score (nSPS) is 13.3. The van der Waals surface area contributed by atoms with Crippen LogP contribution in [0.1, 0.15) is 31.9 Å². The van der Waals surface area contributed by atoms with Gasteiger partial charge in [-0.05, 0) is 48.2 Å². The van der Waals surface area contributed by atoms with Crippen molar-refractivity contribution in [3.05, 3.63) is 88.4 Å². The Hall–Kier alpha value is -3.57. The minimum atomic E-state index is -3.89. The summed E-state index contributed by atoms with van der Waals surface area (Å²) in [4.78, 5) is 29.5. The average molecular weight is 673 g/mol. The van der Waals surface area contributed by atoms with E-state index < -0.39 is 28.5 Å². The summed E-state index contributed by atoms with van der Waals surface area (Å²) < 4.78 is 40.0. The van der Waals surface area contributed by atoms with Crippen molar-refractivity contribution in [2.45, 2.75) is 39.8 Å². The number of nitrogens with one attached hydrogen (secondary N) is 1. The fourth-order valence-electron chi connectivity index (χ4n) is 4.67. The number of ether oxygens (including phenoxy) is 2. The quantitative estimate of drug-likeness (QED) is 0.280. The van der Waals surface area contributed by atoms with Crippen molar-refractivity contribution in [1.29, 1.82) is 0 Å². The number of halogens is 1. The summed E-state index contributed by atoms with van der Waals surface area (Å²) in [6, 6.07) is 20.9. The summed E-state index contributed by atoms with van der Waals surface area (Å²) in [5.74, 6) is 0.107. The number of carbonyl (C=O) groups excluding carboxylic acids is 2. The lowest BCUT2D eigenvalue weighted by Crippen LogP contribution is -2.54. The van der Waals surface area contributed by atoms with E-state index in [4.69, 9.17) is 9.47 Å². The number of fused-ring (bicyclic) bond motifs is 1. The van der Waals surface area contributed by atoms with E-state index >= 15 is 0 Å². The summed E-state index contributed by atoms with van der Waals surface area (Å²) in [5.41, 5.74) is 1.97. The molecule has 11 heteroatoms. The van der Waals surface area contributed by atoms with Gasteiger partial charge in [0.15, 0.2) is 11.5 Å². The van der Waals surface area contributed by atoms with Gasteiger partial charge in [-0.1, -0.05) is 72.2 Å². The maximum absolute atomic E-state index is 14.3. The summed E-state index contributed by atoms with van der Waals surface area (Å²) in [7, 11) is -3.89. The van der Waals surface area contributed by atoms with E-state index in [1.807, 2.05) is 68.4 Å². The van der Waals surface area contributed by atoms with Gasteiger partial charge >= 0.3 is 0 Å². The third-order valence-electron chi connectivity index (χ3n) is 7.02. The van der Waals surface area contributed by atoms with Crippen LogP contribution in [0.2, 0.25) is 0 Å². The highest BCUT2D eigenvalue weighted by Crippen LogP contribution is 2.35. The van der Waals surface area contributed by atoms with Gasteiger partial charge in [0.25, 0.3) is 0 Å².